The van der Waals surface area contributed by atoms with Crippen LogP contribution in [0.4, 0.5) is 0 Å². The molecule has 3 aromatic carbocycles. The third-order valence-corrected chi connectivity index (χ3v) is 9.60. The van der Waals surface area contributed by atoms with Crippen LogP contribution in [-0.2, 0) is 37.5 Å². The van der Waals surface area contributed by atoms with Crippen LogP contribution in [0.2, 0.25) is 0 Å². The molecule has 2 N–H and O–H groups in total. The number of rotatable bonds is 15. The summed E-state index contributed by atoms with van der Waals surface area (Å²) in [4.78, 5) is 35.6. The quantitative estimate of drug-likeness (QED) is 0.236. The van der Waals surface area contributed by atoms with Gasteiger partial charge in [0.1, 0.15) is 0 Å². The molecular formula is C34H43N3O5S. The van der Waals surface area contributed by atoms with Crippen molar-refractivity contribution in [3.8, 4) is 0 Å². The Balaban J connectivity index is 1.53. The summed E-state index contributed by atoms with van der Waals surface area (Å²) in [6.45, 7) is 7.26. The lowest BCUT2D eigenvalue weighted by atomic mass is 9.67. The Kier molecular flexibility index (Phi) is 11.1. The molecule has 3 aromatic rings. The van der Waals surface area contributed by atoms with Crippen LogP contribution in [0, 0.1) is 24.2 Å². The number of nitrogens with one attached hydrogen (secondary N) is 2. The first-order chi connectivity index (χ1) is 20.6. The second kappa shape index (κ2) is 14.8. The molecule has 230 valence electrons. The summed E-state index contributed by atoms with van der Waals surface area (Å²) in [5, 5.41) is 0. The molecule has 1 fully saturated rings. The molecule has 0 bridgehead atoms. The van der Waals surface area contributed by atoms with E-state index in [1.165, 1.54) is 0 Å². The number of carbonyl (C=O) groups excluding carboxylic acids is 2. The third kappa shape index (κ3) is 8.53. The summed E-state index contributed by atoms with van der Waals surface area (Å²) in [7, 11) is -3.79. The first kappa shape index (κ1) is 32.4. The fourth-order valence-electron chi connectivity index (χ4n) is 6.00. The van der Waals surface area contributed by atoms with Gasteiger partial charge in [0.2, 0.25) is 21.8 Å². The second-order valence-corrected chi connectivity index (χ2v) is 13.6. The van der Waals surface area contributed by atoms with Crippen LogP contribution in [0.15, 0.2) is 89.8 Å². The fraction of sp³-hybridized carbons (Fsp3) is 0.412. The Morgan fingerprint density at radius 3 is 2.21 bits per heavy atom. The lowest BCUT2D eigenvalue weighted by Crippen LogP contribution is -2.49. The maximum Gasteiger partial charge on any atom is 0.247 e. The molecule has 0 aromatic heterocycles. The van der Waals surface area contributed by atoms with Crippen molar-refractivity contribution in [1.29, 1.82) is 0 Å². The van der Waals surface area contributed by atoms with Crippen molar-refractivity contribution in [2.24, 2.45) is 17.3 Å². The van der Waals surface area contributed by atoms with Crippen LogP contribution < -0.4 is 10.2 Å². The topological polar surface area (TPSA) is 105 Å². The lowest BCUT2D eigenvalue weighted by Gasteiger charge is -2.36. The first-order valence-corrected chi connectivity index (χ1v) is 16.4. The van der Waals surface area contributed by atoms with Gasteiger partial charge in [0.15, 0.2) is 0 Å². The minimum Gasteiger partial charge on any atom is -0.342 e. The van der Waals surface area contributed by atoms with E-state index in [4.69, 9.17) is 4.84 Å². The highest BCUT2D eigenvalue weighted by atomic mass is 32.2. The number of aryl methyl sites for hydroxylation is 1. The van der Waals surface area contributed by atoms with Gasteiger partial charge in [-0.15, -0.1) is 0 Å². The third-order valence-electron chi connectivity index (χ3n) is 8.12. The SMILES string of the molecule is Cc1ccc(S(=O)(=O)NCCC(C(=O)NOCc2ccccc2)C2(CC(C)C)CCN(CCc3ccccc3)C2=O)cc1. The predicted octanol–water partition coefficient (Wildman–Crippen LogP) is 5.04. The second-order valence-electron chi connectivity index (χ2n) is 11.8. The number of sulfonamides is 1. The van der Waals surface area contributed by atoms with Crippen molar-refractivity contribution in [3.05, 3.63) is 102 Å². The summed E-state index contributed by atoms with van der Waals surface area (Å²) in [6, 6.07) is 26.1. The van der Waals surface area contributed by atoms with Gasteiger partial charge in [-0.2, -0.15) is 0 Å². The van der Waals surface area contributed by atoms with Gasteiger partial charge in [-0.05, 0) is 61.8 Å². The molecule has 4 rings (SSSR count). The molecule has 8 nitrogen and oxygen atoms in total. The molecule has 2 unspecified atom stereocenters. The van der Waals surface area contributed by atoms with Gasteiger partial charge in [0.05, 0.1) is 22.8 Å². The number of hydrogen-bond acceptors (Lipinski definition) is 5. The number of carbonyl (C=O) groups is 2. The Hall–Kier alpha value is -3.53. The van der Waals surface area contributed by atoms with Crippen molar-refractivity contribution in [3.63, 3.8) is 0 Å². The number of benzene rings is 3. The van der Waals surface area contributed by atoms with E-state index in [0.717, 1.165) is 23.1 Å². The summed E-state index contributed by atoms with van der Waals surface area (Å²) in [5.41, 5.74) is 4.62. The molecule has 0 spiro atoms. The summed E-state index contributed by atoms with van der Waals surface area (Å²) in [6.07, 6.45) is 1.89. The van der Waals surface area contributed by atoms with Crippen LogP contribution in [-0.4, -0.2) is 44.8 Å². The zero-order chi connectivity index (χ0) is 30.9. The van der Waals surface area contributed by atoms with Crippen molar-refractivity contribution in [2.45, 2.75) is 58.0 Å². The molecule has 2 amide bonds. The van der Waals surface area contributed by atoms with Crippen LogP contribution in [0.5, 0.6) is 0 Å². The van der Waals surface area contributed by atoms with Gasteiger partial charge < -0.3 is 4.90 Å². The van der Waals surface area contributed by atoms with E-state index in [1.54, 1.807) is 24.3 Å². The number of likely N-dealkylation sites (tertiary alicyclic amines) is 1. The Bertz CT molecular complexity index is 1450. The van der Waals surface area contributed by atoms with Gasteiger partial charge in [-0.1, -0.05) is 92.2 Å². The lowest BCUT2D eigenvalue weighted by molar-refractivity contribution is -0.152. The molecule has 0 saturated carbocycles. The average Bonchev–Trinajstić information content (AvgIpc) is 3.29. The van der Waals surface area contributed by atoms with E-state index in [9.17, 15) is 18.0 Å². The van der Waals surface area contributed by atoms with Crippen LogP contribution in [0.1, 0.15) is 49.8 Å². The predicted molar refractivity (Wildman–Crippen MR) is 167 cm³/mol. The van der Waals surface area contributed by atoms with Crippen LogP contribution in [0.25, 0.3) is 0 Å². The minimum absolute atomic E-state index is 0.00409. The summed E-state index contributed by atoms with van der Waals surface area (Å²) < 4.78 is 28.7. The minimum atomic E-state index is -3.79. The number of hydrogen-bond donors (Lipinski definition) is 2. The van der Waals surface area contributed by atoms with Crippen LogP contribution in [0.3, 0.4) is 0 Å². The van der Waals surface area contributed by atoms with Gasteiger partial charge in [-0.3, -0.25) is 14.4 Å². The molecule has 2 atom stereocenters. The van der Waals surface area contributed by atoms with Crippen molar-refractivity contribution in [1.82, 2.24) is 15.1 Å². The summed E-state index contributed by atoms with van der Waals surface area (Å²) in [5.74, 6) is -1.12. The highest BCUT2D eigenvalue weighted by Crippen LogP contribution is 2.46. The van der Waals surface area contributed by atoms with Crippen molar-refractivity contribution < 1.29 is 22.8 Å². The number of hydroxylamine groups is 1. The Morgan fingerprint density at radius 2 is 1.58 bits per heavy atom. The maximum absolute atomic E-state index is 14.2. The van der Waals surface area contributed by atoms with E-state index in [0.29, 0.717) is 25.9 Å². The van der Waals surface area contributed by atoms with Crippen LogP contribution >= 0.6 is 0 Å². The molecule has 43 heavy (non-hydrogen) atoms. The Morgan fingerprint density at radius 1 is 0.953 bits per heavy atom. The van der Waals surface area contributed by atoms with Gasteiger partial charge in [0.25, 0.3) is 0 Å². The number of amides is 2. The zero-order valence-corrected chi connectivity index (χ0v) is 26.1. The zero-order valence-electron chi connectivity index (χ0n) is 25.3. The molecule has 9 heteroatoms. The van der Waals surface area contributed by atoms with Gasteiger partial charge in [0, 0.05) is 19.6 Å². The van der Waals surface area contributed by atoms with Gasteiger partial charge >= 0.3 is 0 Å². The van der Waals surface area contributed by atoms with E-state index in [1.807, 2.05) is 86.3 Å². The standard InChI is InChI=1S/C34H43N3O5S/c1-26(2)24-34(20-23-37(33(34)39)22-19-28-10-6-4-7-11-28)31(32(38)36-42-25-29-12-8-5-9-13-29)18-21-35-43(40,41)30-16-14-27(3)15-17-30/h4-17,26,31,35H,18-25H2,1-3H3,(H,36,38). The molecular weight excluding hydrogens is 562 g/mol. The van der Waals surface area contributed by atoms with Gasteiger partial charge in [-0.25, -0.2) is 18.6 Å². The Labute approximate surface area is 255 Å². The average molecular weight is 606 g/mol. The maximum atomic E-state index is 14.2. The summed E-state index contributed by atoms with van der Waals surface area (Å²) >= 11 is 0. The van der Waals surface area contributed by atoms with E-state index in [-0.39, 0.29) is 36.3 Å². The number of nitrogens with zero attached hydrogens (tertiary/aromatic N) is 1. The molecule has 1 heterocycles. The molecule has 1 aliphatic heterocycles. The normalized spacial score (nSPS) is 17.8. The highest BCUT2D eigenvalue weighted by molar-refractivity contribution is 7.89. The van der Waals surface area contributed by atoms with Crippen molar-refractivity contribution in [2.75, 3.05) is 19.6 Å². The fourth-order valence-corrected chi connectivity index (χ4v) is 7.04. The molecule has 1 saturated heterocycles. The van der Waals surface area contributed by atoms with E-state index >= 15 is 0 Å². The first-order valence-electron chi connectivity index (χ1n) is 15.0. The van der Waals surface area contributed by atoms with E-state index in [2.05, 4.69) is 10.2 Å². The molecule has 0 aliphatic carbocycles. The highest BCUT2D eigenvalue weighted by Gasteiger charge is 2.54. The largest absolute Gasteiger partial charge is 0.342 e. The van der Waals surface area contributed by atoms with E-state index < -0.39 is 27.3 Å². The monoisotopic (exact) mass is 605 g/mol. The molecule has 1 aliphatic rings. The van der Waals surface area contributed by atoms with Crippen molar-refractivity contribution >= 4 is 21.8 Å². The molecule has 0 radical (unpaired) electrons. The smallest absolute Gasteiger partial charge is 0.247 e.